The van der Waals surface area contributed by atoms with Gasteiger partial charge in [0.15, 0.2) is 5.84 Å². The lowest BCUT2D eigenvalue weighted by Gasteiger charge is -2.08. The summed E-state index contributed by atoms with van der Waals surface area (Å²) in [5.74, 6) is -2.13. The van der Waals surface area contributed by atoms with Crippen LogP contribution in [0.1, 0.15) is 5.56 Å². The number of methoxy groups -OCH3 is 1. The van der Waals surface area contributed by atoms with Crippen molar-refractivity contribution in [2.24, 2.45) is 10.9 Å². The summed E-state index contributed by atoms with van der Waals surface area (Å²) in [5, 5.41) is -0.818. The Balaban J connectivity index is 2.97. The molecule has 0 heterocycles. The van der Waals surface area contributed by atoms with Crippen molar-refractivity contribution in [2.45, 2.75) is 5.38 Å². The number of hydrogen-bond acceptors (Lipinski definition) is 4. The number of amidine groups is 1. The third kappa shape index (κ3) is 4.22. The number of carbonyl (C=O) groups is 1. The van der Waals surface area contributed by atoms with Gasteiger partial charge in [0.1, 0.15) is 5.75 Å². The maximum atomic E-state index is 12.3. The summed E-state index contributed by atoms with van der Waals surface area (Å²) in [7, 11) is 1.36. The van der Waals surface area contributed by atoms with E-state index in [4.69, 9.17) is 22.1 Å². The van der Waals surface area contributed by atoms with Crippen LogP contribution < -0.4 is 10.5 Å². The fourth-order valence-corrected chi connectivity index (χ4v) is 1.28. The predicted octanol–water partition coefficient (Wildman–Crippen LogP) is 2.34. The van der Waals surface area contributed by atoms with Crippen molar-refractivity contribution in [1.82, 2.24) is 0 Å². The lowest BCUT2D eigenvalue weighted by molar-refractivity contribution is -0.161. The molecule has 104 valence electrons. The van der Waals surface area contributed by atoms with Crippen LogP contribution in [-0.2, 0) is 9.63 Å². The minimum absolute atomic E-state index is 0.181. The molecule has 0 saturated carbocycles. The fourth-order valence-electron chi connectivity index (χ4n) is 1.07. The molecule has 0 aliphatic heterocycles. The van der Waals surface area contributed by atoms with Crippen LogP contribution in [0.15, 0.2) is 23.4 Å². The van der Waals surface area contributed by atoms with Gasteiger partial charge in [-0.3, -0.25) is 0 Å². The minimum Gasteiger partial charge on any atom is -0.496 e. The van der Waals surface area contributed by atoms with Gasteiger partial charge in [0.05, 0.1) is 12.7 Å². The van der Waals surface area contributed by atoms with Crippen molar-refractivity contribution in [3.8, 4) is 5.75 Å². The molecule has 0 fully saturated rings. The van der Waals surface area contributed by atoms with E-state index in [1.165, 1.54) is 25.3 Å². The number of carbonyl (C=O) groups excluding carboxylic acids is 1. The third-order valence-electron chi connectivity index (χ3n) is 1.90. The first kappa shape index (κ1) is 15.5. The quantitative estimate of drug-likeness (QED) is 0.304. The second kappa shape index (κ2) is 6.03. The zero-order valence-electron chi connectivity index (χ0n) is 9.49. The number of nitrogens with zero attached hydrogens (tertiary/aromatic N) is 1. The molecule has 0 unspecified atom stereocenters. The Morgan fingerprint density at radius 2 is 2.11 bits per heavy atom. The van der Waals surface area contributed by atoms with Gasteiger partial charge >= 0.3 is 11.4 Å². The van der Waals surface area contributed by atoms with Crippen LogP contribution in [0.25, 0.3) is 0 Å². The van der Waals surface area contributed by atoms with Gasteiger partial charge < -0.3 is 15.3 Å². The Kier molecular flexibility index (Phi) is 4.90. The molecular formula is C10H8Cl2F2N2O3. The molecule has 0 radical (unpaired) electrons. The van der Waals surface area contributed by atoms with E-state index >= 15 is 0 Å². The molecule has 1 aromatic carbocycles. The van der Waals surface area contributed by atoms with Crippen LogP contribution in [0.3, 0.4) is 0 Å². The average Bonchev–Trinajstić information content (AvgIpc) is 2.34. The van der Waals surface area contributed by atoms with Crippen LogP contribution in [0.4, 0.5) is 8.78 Å². The summed E-state index contributed by atoms with van der Waals surface area (Å²) in [4.78, 5) is 14.6. The summed E-state index contributed by atoms with van der Waals surface area (Å²) in [6.45, 7) is 0. The Labute approximate surface area is 116 Å². The summed E-state index contributed by atoms with van der Waals surface area (Å²) >= 11 is 10.2. The van der Waals surface area contributed by atoms with Crippen molar-refractivity contribution >= 4 is 35.0 Å². The number of oxime groups is 1. The first-order chi connectivity index (χ1) is 8.75. The molecule has 1 aromatic rings. The van der Waals surface area contributed by atoms with E-state index in [0.29, 0.717) is 5.02 Å². The molecule has 2 N–H and O–H groups in total. The molecule has 0 amide bonds. The highest BCUT2D eigenvalue weighted by Gasteiger charge is 2.38. The number of halogens is 4. The topological polar surface area (TPSA) is 73.9 Å². The molecule has 0 aliphatic rings. The number of ether oxygens (including phenoxy) is 1. The Hall–Kier alpha value is -1.60. The maximum Gasteiger partial charge on any atom is 0.420 e. The van der Waals surface area contributed by atoms with Crippen molar-refractivity contribution in [3.63, 3.8) is 0 Å². The molecule has 0 aliphatic carbocycles. The van der Waals surface area contributed by atoms with Gasteiger partial charge in [-0.05, 0) is 29.8 Å². The fraction of sp³-hybridized carbons (Fsp3) is 0.200. The lowest BCUT2D eigenvalue weighted by atomic mass is 10.2. The molecule has 5 nitrogen and oxygen atoms in total. The van der Waals surface area contributed by atoms with Crippen molar-refractivity contribution < 1.29 is 23.1 Å². The van der Waals surface area contributed by atoms with Gasteiger partial charge in [0.2, 0.25) is 0 Å². The van der Waals surface area contributed by atoms with Crippen molar-refractivity contribution in [2.75, 3.05) is 7.11 Å². The Morgan fingerprint density at radius 3 is 2.63 bits per heavy atom. The van der Waals surface area contributed by atoms with E-state index in [9.17, 15) is 13.6 Å². The highest BCUT2D eigenvalue weighted by Crippen LogP contribution is 2.23. The zero-order chi connectivity index (χ0) is 14.6. The van der Waals surface area contributed by atoms with E-state index in [2.05, 4.69) is 21.6 Å². The largest absolute Gasteiger partial charge is 0.496 e. The molecule has 1 rings (SSSR count). The summed E-state index contributed by atoms with van der Waals surface area (Å²) in [6, 6.07) is 4.38. The van der Waals surface area contributed by atoms with E-state index in [1.807, 2.05) is 0 Å². The highest BCUT2D eigenvalue weighted by atomic mass is 35.5. The molecule has 0 atom stereocenters. The normalized spacial score (nSPS) is 12.2. The SMILES string of the molecule is COc1ccc(Cl)cc1/C(N)=N/OC(=O)C(F)(F)Cl. The van der Waals surface area contributed by atoms with Gasteiger partial charge in [-0.15, -0.1) is 0 Å². The second-order valence-electron chi connectivity index (χ2n) is 3.20. The van der Waals surface area contributed by atoms with Gasteiger partial charge in [-0.2, -0.15) is 8.78 Å². The van der Waals surface area contributed by atoms with Crippen molar-refractivity contribution in [3.05, 3.63) is 28.8 Å². The molecule has 9 heteroatoms. The average molecular weight is 313 g/mol. The summed E-state index contributed by atoms with van der Waals surface area (Å²) in [5.41, 5.74) is 5.66. The van der Waals surface area contributed by atoms with Crippen LogP contribution in [0.5, 0.6) is 5.75 Å². The van der Waals surface area contributed by atoms with Gasteiger partial charge in [0.25, 0.3) is 0 Å². The van der Waals surface area contributed by atoms with E-state index < -0.39 is 11.4 Å². The highest BCUT2D eigenvalue weighted by molar-refractivity contribution is 6.31. The van der Waals surface area contributed by atoms with Crippen LogP contribution in [0, 0.1) is 0 Å². The maximum absolute atomic E-state index is 12.3. The lowest BCUT2D eigenvalue weighted by Crippen LogP contribution is -2.24. The Morgan fingerprint density at radius 1 is 1.47 bits per heavy atom. The van der Waals surface area contributed by atoms with Gasteiger partial charge in [-0.1, -0.05) is 16.8 Å². The van der Waals surface area contributed by atoms with Gasteiger partial charge in [0, 0.05) is 5.02 Å². The van der Waals surface area contributed by atoms with Gasteiger partial charge in [-0.25, -0.2) is 4.79 Å². The summed E-state index contributed by atoms with van der Waals surface area (Å²) < 4.78 is 29.6. The predicted molar refractivity (Wildman–Crippen MR) is 65.6 cm³/mol. The van der Waals surface area contributed by atoms with Crippen LogP contribution in [0.2, 0.25) is 5.02 Å². The van der Waals surface area contributed by atoms with Crippen LogP contribution >= 0.6 is 23.2 Å². The number of rotatable bonds is 4. The van der Waals surface area contributed by atoms with Crippen LogP contribution in [-0.4, -0.2) is 24.3 Å². The minimum atomic E-state index is -4.18. The molecule has 0 bridgehead atoms. The smallest absolute Gasteiger partial charge is 0.420 e. The van der Waals surface area contributed by atoms with E-state index in [1.54, 1.807) is 0 Å². The zero-order valence-corrected chi connectivity index (χ0v) is 11.0. The number of nitrogens with two attached hydrogens (primary N) is 1. The van der Waals surface area contributed by atoms with Crippen molar-refractivity contribution in [1.29, 1.82) is 0 Å². The Bertz CT molecular complexity index is 518. The molecule has 0 saturated heterocycles. The number of alkyl halides is 3. The monoisotopic (exact) mass is 312 g/mol. The number of benzene rings is 1. The molecular weight excluding hydrogens is 305 g/mol. The second-order valence-corrected chi connectivity index (χ2v) is 4.11. The summed E-state index contributed by atoms with van der Waals surface area (Å²) in [6.07, 6.45) is 0. The molecule has 19 heavy (non-hydrogen) atoms. The standard InChI is InChI=1S/C10H8Cl2F2N2O3/c1-18-7-3-2-5(11)4-6(7)8(15)16-19-9(17)10(12,13)14/h2-4H,1H3,(H2,15,16). The first-order valence-corrected chi connectivity index (χ1v) is 5.47. The molecule has 0 spiro atoms. The first-order valence-electron chi connectivity index (χ1n) is 4.71. The van der Waals surface area contributed by atoms with E-state index in [-0.39, 0.29) is 17.1 Å². The number of hydrogen-bond donors (Lipinski definition) is 1. The third-order valence-corrected chi connectivity index (χ3v) is 2.29. The molecule has 0 aromatic heterocycles. The van der Waals surface area contributed by atoms with E-state index in [0.717, 1.165) is 0 Å².